The summed E-state index contributed by atoms with van der Waals surface area (Å²) in [6.45, 7) is 4.48. The van der Waals surface area contributed by atoms with E-state index in [1.165, 1.54) is 43.6 Å². The second-order valence-corrected chi connectivity index (χ2v) is 7.43. The number of hydroxylamine groups is 1. The van der Waals surface area contributed by atoms with Crippen LogP contribution in [-0.2, 0) is 11.3 Å². The average Bonchev–Trinajstić information content (AvgIpc) is 2.99. The van der Waals surface area contributed by atoms with Crippen molar-refractivity contribution in [2.24, 2.45) is 10.9 Å². The highest BCUT2D eigenvalue weighted by Crippen LogP contribution is 2.41. The summed E-state index contributed by atoms with van der Waals surface area (Å²) in [5, 5.41) is 0. The van der Waals surface area contributed by atoms with Crippen LogP contribution < -0.4 is 10.4 Å². The molecule has 1 N–H and O–H groups in total. The van der Waals surface area contributed by atoms with Crippen LogP contribution in [0.3, 0.4) is 0 Å². The van der Waals surface area contributed by atoms with Crippen LogP contribution in [0.1, 0.15) is 30.4 Å². The predicted octanol–water partition coefficient (Wildman–Crippen LogP) is 1.77. The van der Waals surface area contributed by atoms with Crippen molar-refractivity contribution in [2.45, 2.75) is 31.4 Å². The minimum atomic E-state index is -0.349. The van der Waals surface area contributed by atoms with Crippen LogP contribution in [0.5, 0.6) is 0 Å². The molecule has 5 aliphatic rings. The Hall–Kier alpha value is -1.59. The Labute approximate surface area is 137 Å². The normalized spacial score (nSPS) is 35.2. The van der Waals surface area contributed by atoms with Crippen LogP contribution in [0.4, 0.5) is 5.69 Å². The van der Waals surface area contributed by atoms with Gasteiger partial charge >= 0.3 is 0 Å². The van der Waals surface area contributed by atoms with E-state index in [4.69, 9.17) is 9.83 Å². The molecule has 1 aromatic rings. The lowest BCUT2D eigenvalue weighted by atomic mass is 9.81. The van der Waals surface area contributed by atoms with Gasteiger partial charge in [-0.3, -0.25) is 4.90 Å². The minimum absolute atomic E-state index is 0.349. The number of aliphatic imine (C=N–C) groups is 1. The molecule has 5 aliphatic heterocycles. The van der Waals surface area contributed by atoms with E-state index in [0.29, 0.717) is 5.92 Å². The Morgan fingerprint density at radius 2 is 2.13 bits per heavy atom. The van der Waals surface area contributed by atoms with E-state index in [9.17, 15) is 0 Å². The molecule has 3 saturated heterocycles. The molecule has 5 heteroatoms. The standard InChI is InChI=1S/C18H24N4O/c1-21-8-2-3-13-11-14(4-5-16(13)21)17-19-18(23-20-17)12-22-9-6-15(18)7-10-22/h4-5,11,15H,2-3,6-10,12H2,1H3,(H,19,20)/t18-/m0/s1. The first-order valence-corrected chi connectivity index (χ1v) is 8.84. The molecule has 0 unspecified atom stereocenters. The van der Waals surface area contributed by atoms with E-state index in [1.54, 1.807) is 0 Å². The van der Waals surface area contributed by atoms with Crippen LogP contribution in [0.2, 0.25) is 0 Å². The largest absolute Gasteiger partial charge is 0.374 e. The maximum atomic E-state index is 6.04. The third kappa shape index (κ3) is 2.10. The van der Waals surface area contributed by atoms with Crippen molar-refractivity contribution < 1.29 is 4.84 Å². The first kappa shape index (κ1) is 13.8. The summed E-state index contributed by atoms with van der Waals surface area (Å²) >= 11 is 0. The third-order valence-electron chi connectivity index (χ3n) is 6.00. The lowest BCUT2D eigenvalue weighted by Gasteiger charge is -2.47. The fourth-order valence-corrected chi connectivity index (χ4v) is 4.66. The van der Waals surface area contributed by atoms with Crippen LogP contribution in [0, 0.1) is 5.92 Å². The fraction of sp³-hybridized carbons (Fsp3) is 0.611. The fourth-order valence-electron chi connectivity index (χ4n) is 4.66. The molecule has 122 valence electrons. The number of benzene rings is 1. The molecule has 5 nitrogen and oxygen atoms in total. The maximum Gasteiger partial charge on any atom is 0.202 e. The van der Waals surface area contributed by atoms with Gasteiger partial charge in [-0.1, -0.05) is 0 Å². The van der Waals surface area contributed by atoms with Crippen LogP contribution in [-0.4, -0.2) is 49.7 Å². The minimum Gasteiger partial charge on any atom is -0.374 e. The molecule has 1 atom stereocenters. The van der Waals surface area contributed by atoms with E-state index in [2.05, 4.69) is 40.5 Å². The zero-order valence-corrected chi connectivity index (χ0v) is 13.7. The number of nitrogens with zero attached hydrogens (tertiary/aromatic N) is 3. The maximum absolute atomic E-state index is 6.04. The second kappa shape index (κ2) is 4.95. The first-order valence-electron chi connectivity index (χ1n) is 8.84. The molecule has 1 spiro atoms. The second-order valence-electron chi connectivity index (χ2n) is 7.43. The molecule has 0 amide bonds. The van der Waals surface area contributed by atoms with Gasteiger partial charge in [0, 0.05) is 30.8 Å². The van der Waals surface area contributed by atoms with E-state index >= 15 is 0 Å². The molecule has 0 radical (unpaired) electrons. The van der Waals surface area contributed by atoms with Crippen molar-refractivity contribution in [1.82, 2.24) is 10.4 Å². The molecule has 0 saturated carbocycles. The van der Waals surface area contributed by atoms with Gasteiger partial charge in [-0.15, -0.1) is 0 Å². The highest BCUT2D eigenvalue weighted by atomic mass is 16.7. The molecule has 0 aliphatic carbocycles. The summed E-state index contributed by atoms with van der Waals surface area (Å²) in [5.74, 6) is 1.47. The van der Waals surface area contributed by atoms with E-state index in [1.807, 2.05) is 0 Å². The summed E-state index contributed by atoms with van der Waals surface area (Å²) in [6, 6.07) is 6.70. The van der Waals surface area contributed by atoms with Crippen molar-refractivity contribution in [1.29, 1.82) is 0 Å². The van der Waals surface area contributed by atoms with Gasteiger partial charge < -0.3 is 4.90 Å². The zero-order chi connectivity index (χ0) is 15.4. The lowest BCUT2D eigenvalue weighted by Crippen LogP contribution is -2.58. The monoisotopic (exact) mass is 312 g/mol. The number of fused-ring (bicyclic) bond motifs is 3. The van der Waals surface area contributed by atoms with Gasteiger partial charge in [-0.25, -0.2) is 15.3 Å². The Morgan fingerprint density at radius 1 is 1.26 bits per heavy atom. The molecule has 6 rings (SSSR count). The first-order chi connectivity index (χ1) is 11.2. The van der Waals surface area contributed by atoms with Gasteiger partial charge in [0.1, 0.15) is 0 Å². The Kier molecular flexibility index (Phi) is 2.97. The van der Waals surface area contributed by atoms with E-state index in [0.717, 1.165) is 30.9 Å². The molecular weight excluding hydrogens is 288 g/mol. The SMILES string of the molecule is CN1CCCc2cc(C3=N[C@@]4(CN5CCC4CC5)ON3)ccc21. The number of nitrogens with one attached hydrogen (secondary N) is 1. The molecule has 1 aromatic carbocycles. The van der Waals surface area contributed by atoms with Gasteiger partial charge in [0.15, 0.2) is 5.84 Å². The predicted molar refractivity (Wildman–Crippen MR) is 90.7 cm³/mol. The Bertz CT molecular complexity index is 665. The molecular formula is C18H24N4O. The van der Waals surface area contributed by atoms with E-state index in [-0.39, 0.29) is 5.72 Å². The number of hydrogen-bond acceptors (Lipinski definition) is 5. The van der Waals surface area contributed by atoms with Gasteiger partial charge in [-0.2, -0.15) is 0 Å². The van der Waals surface area contributed by atoms with Gasteiger partial charge in [0.2, 0.25) is 5.72 Å². The Morgan fingerprint density at radius 3 is 2.91 bits per heavy atom. The highest BCUT2D eigenvalue weighted by molar-refractivity contribution is 5.99. The molecule has 2 bridgehead atoms. The highest BCUT2D eigenvalue weighted by Gasteiger charge is 2.51. The smallest absolute Gasteiger partial charge is 0.202 e. The van der Waals surface area contributed by atoms with Crippen LogP contribution in [0.25, 0.3) is 0 Å². The van der Waals surface area contributed by atoms with Crippen molar-refractivity contribution in [3.8, 4) is 0 Å². The van der Waals surface area contributed by atoms with Gasteiger partial charge in [0.05, 0.1) is 6.54 Å². The number of anilines is 1. The summed E-state index contributed by atoms with van der Waals surface area (Å²) in [7, 11) is 2.17. The van der Waals surface area contributed by atoms with Crippen molar-refractivity contribution in [2.75, 3.05) is 38.1 Å². The Balaban J connectivity index is 1.48. The molecule has 0 aromatic heterocycles. The number of amidine groups is 1. The number of rotatable bonds is 1. The number of aryl methyl sites for hydroxylation is 1. The summed E-state index contributed by atoms with van der Waals surface area (Å²) in [4.78, 5) is 15.9. The van der Waals surface area contributed by atoms with Gasteiger partial charge in [0.25, 0.3) is 0 Å². The van der Waals surface area contributed by atoms with E-state index < -0.39 is 0 Å². The zero-order valence-electron chi connectivity index (χ0n) is 13.7. The topological polar surface area (TPSA) is 40.1 Å². The summed E-state index contributed by atoms with van der Waals surface area (Å²) < 4.78 is 0. The third-order valence-corrected chi connectivity index (χ3v) is 6.00. The quantitative estimate of drug-likeness (QED) is 0.858. The summed E-state index contributed by atoms with van der Waals surface area (Å²) in [5.41, 5.74) is 6.74. The van der Waals surface area contributed by atoms with Crippen molar-refractivity contribution in [3.63, 3.8) is 0 Å². The molecule has 3 fully saturated rings. The number of piperidine rings is 3. The van der Waals surface area contributed by atoms with Crippen molar-refractivity contribution >= 4 is 11.5 Å². The average molecular weight is 312 g/mol. The van der Waals surface area contributed by atoms with Crippen LogP contribution >= 0.6 is 0 Å². The number of hydrogen-bond donors (Lipinski definition) is 1. The van der Waals surface area contributed by atoms with Gasteiger partial charge in [-0.05, 0) is 62.5 Å². The van der Waals surface area contributed by atoms with Crippen molar-refractivity contribution in [3.05, 3.63) is 29.3 Å². The van der Waals surface area contributed by atoms with Crippen LogP contribution in [0.15, 0.2) is 23.2 Å². The summed E-state index contributed by atoms with van der Waals surface area (Å²) in [6.07, 6.45) is 4.79. The lowest BCUT2D eigenvalue weighted by molar-refractivity contribution is -0.155. The molecule has 5 heterocycles. The molecule has 23 heavy (non-hydrogen) atoms.